The van der Waals surface area contributed by atoms with E-state index in [0.717, 1.165) is 10.7 Å². The van der Waals surface area contributed by atoms with Gasteiger partial charge in [0.25, 0.3) is 5.91 Å². The molecule has 1 aromatic carbocycles. The van der Waals surface area contributed by atoms with Crippen LogP contribution in [0.4, 0.5) is 10.1 Å². The quantitative estimate of drug-likeness (QED) is 0.869. The third-order valence-corrected chi connectivity index (χ3v) is 3.40. The van der Waals surface area contributed by atoms with Crippen LogP contribution in [-0.2, 0) is 0 Å². The number of nitriles is 1. The Morgan fingerprint density at radius 3 is 2.67 bits per heavy atom. The van der Waals surface area contributed by atoms with Gasteiger partial charge in [-0.1, -0.05) is 13.8 Å². The lowest BCUT2D eigenvalue weighted by atomic mass is 10.1. The van der Waals surface area contributed by atoms with Crippen LogP contribution in [0.15, 0.2) is 12.1 Å². The van der Waals surface area contributed by atoms with E-state index < -0.39 is 11.7 Å². The van der Waals surface area contributed by atoms with E-state index in [0.29, 0.717) is 5.69 Å². The number of amides is 1. The third kappa shape index (κ3) is 2.88. The Balaban J connectivity index is 2.83. The second-order valence-electron chi connectivity index (χ2n) is 5.43. The van der Waals surface area contributed by atoms with Gasteiger partial charge in [-0.05, 0) is 18.9 Å². The Kier molecular flexibility index (Phi) is 4.74. The van der Waals surface area contributed by atoms with E-state index in [-0.39, 0.29) is 40.9 Å². The van der Waals surface area contributed by atoms with Crippen molar-refractivity contribution in [2.75, 3.05) is 12.3 Å². The number of rotatable bonds is 5. The third-order valence-electron chi connectivity index (χ3n) is 3.40. The van der Waals surface area contributed by atoms with Crippen molar-refractivity contribution in [1.82, 2.24) is 9.78 Å². The monoisotopic (exact) mass is 331 g/mol. The Morgan fingerprint density at radius 2 is 2.17 bits per heavy atom. The van der Waals surface area contributed by atoms with Crippen LogP contribution in [0.25, 0.3) is 5.69 Å². The van der Waals surface area contributed by atoms with E-state index in [9.17, 15) is 9.18 Å². The average molecular weight is 331 g/mol. The zero-order valence-electron chi connectivity index (χ0n) is 13.6. The molecule has 1 heterocycles. The molecule has 0 aliphatic carbocycles. The predicted molar refractivity (Wildman–Crippen MR) is 86.4 cm³/mol. The van der Waals surface area contributed by atoms with Crippen LogP contribution in [0, 0.1) is 17.1 Å². The van der Waals surface area contributed by atoms with Gasteiger partial charge in [-0.25, -0.2) is 9.07 Å². The SMILES string of the molecule is CCOc1cc(C#N)cc(F)c1-n1nc(C(C)C)c(N)c1C(N)=O. The Bertz CT molecular complexity index is 836. The predicted octanol–water partition coefficient (Wildman–Crippen LogP) is 2.09. The van der Waals surface area contributed by atoms with E-state index in [1.807, 2.05) is 19.9 Å². The first-order valence-corrected chi connectivity index (χ1v) is 7.36. The molecule has 126 valence electrons. The lowest BCUT2D eigenvalue weighted by Gasteiger charge is -2.13. The van der Waals surface area contributed by atoms with Crippen LogP contribution in [-0.4, -0.2) is 22.3 Å². The lowest BCUT2D eigenvalue weighted by molar-refractivity contribution is 0.0993. The van der Waals surface area contributed by atoms with Gasteiger partial charge in [-0.2, -0.15) is 10.4 Å². The molecule has 0 radical (unpaired) electrons. The standard InChI is InChI=1S/C16H18FN5O2/c1-4-24-11-6-9(7-18)5-10(17)14(11)22-15(16(20)23)12(19)13(21-22)8(2)3/h5-6,8H,4,19H2,1-3H3,(H2,20,23). The number of benzene rings is 1. The molecule has 0 bridgehead atoms. The number of nitrogen functional groups attached to an aromatic ring is 1. The minimum Gasteiger partial charge on any atom is -0.491 e. The Labute approximate surface area is 138 Å². The summed E-state index contributed by atoms with van der Waals surface area (Å²) in [6.45, 7) is 5.63. The molecule has 0 spiro atoms. The molecule has 24 heavy (non-hydrogen) atoms. The summed E-state index contributed by atoms with van der Waals surface area (Å²) in [6.07, 6.45) is 0. The normalized spacial score (nSPS) is 10.7. The largest absolute Gasteiger partial charge is 0.491 e. The molecular weight excluding hydrogens is 313 g/mol. The molecule has 0 saturated heterocycles. The Morgan fingerprint density at radius 1 is 1.50 bits per heavy atom. The number of anilines is 1. The average Bonchev–Trinajstić information content (AvgIpc) is 2.84. The highest BCUT2D eigenvalue weighted by molar-refractivity contribution is 5.97. The summed E-state index contributed by atoms with van der Waals surface area (Å²) in [4.78, 5) is 11.8. The summed E-state index contributed by atoms with van der Waals surface area (Å²) in [7, 11) is 0. The van der Waals surface area contributed by atoms with Gasteiger partial charge in [-0.15, -0.1) is 0 Å². The maximum absolute atomic E-state index is 14.6. The molecule has 0 aliphatic rings. The van der Waals surface area contributed by atoms with E-state index >= 15 is 0 Å². The Hall–Kier alpha value is -3.08. The van der Waals surface area contributed by atoms with Crippen LogP contribution in [0.2, 0.25) is 0 Å². The smallest absolute Gasteiger partial charge is 0.269 e. The van der Waals surface area contributed by atoms with Crippen molar-refractivity contribution in [3.8, 4) is 17.5 Å². The van der Waals surface area contributed by atoms with Crippen LogP contribution in [0.5, 0.6) is 5.75 Å². The molecule has 2 rings (SSSR count). The summed E-state index contributed by atoms with van der Waals surface area (Å²) >= 11 is 0. The molecule has 8 heteroatoms. The number of hydrogen-bond donors (Lipinski definition) is 2. The van der Waals surface area contributed by atoms with Crippen molar-refractivity contribution in [2.45, 2.75) is 26.7 Å². The van der Waals surface area contributed by atoms with Crippen LogP contribution < -0.4 is 16.2 Å². The summed E-state index contributed by atoms with van der Waals surface area (Å²) < 4.78 is 21.1. The maximum atomic E-state index is 14.6. The number of halogens is 1. The van der Waals surface area contributed by atoms with Gasteiger partial charge in [0, 0.05) is 6.07 Å². The molecule has 4 N–H and O–H groups in total. The number of carbonyl (C=O) groups is 1. The molecule has 0 saturated carbocycles. The number of aromatic nitrogens is 2. The number of ether oxygens (including phenoxy) is 1. The van der Waals surface area contributed by atoms with Gasteiger partial charge < -0.3 is 16.2 Å². The first-order chi connectivity index (χ1) is 11.3. The molecule has 0 unspecified atom stereocenters. The fourth-order valence-corrected chi connectivity index (χ4v) is 2.38. The zero-order chi connectivity index (χ0) is 18.0. The second kappa shape index (κ2) is 6.58. The highest BCUT2D eigenvalue weighted by Gasteiger charge is 2.26. The van der Waals surface area contributed by atoms with Crippen molar-refractivity contribution < 1.29 is 13.9 Å². The number of carbonyl (C=O) groups excluding carboxylic acids is 1. The van der Waals surface area contributed by atoms with E-state index in [4.69, 9.17) is 21.5 Å². The topological polar surface area (TPSA) is 120 Å². The van der Waals surface area contributed by atoms with Gasteiger partial charge in [0.2, 0.25) is 0 Å². The minimum atomic E-state index is -0.835. The van der Waals surface area contributed by atoms with Crippen LogP contribution >= 0.6 is 0 Å². The van der Waals surface area contributed by atoms with Gasteiger partial charge in [0.05, 0.1) is 29.6 Å². The maximum Gasteiger partial charge on any atom is 0.269 e. The molecular formula is C16H18FN5O2. The molecule has 1 aromatic heterocycles. The molecule has 0 atom stereocenters. The summed E-state index contributed by atoms with van der Waals surface area (Å²) in [5.74, 6) is -1.62. The van der Waals surface area contributed by atoms with Crippen LogP contribution in [0.3, 0.4) is 0 Å². The summed E-state index contributed by atoms with van der Waals surface area (Å²) in [6, 6.07) is 4.26. The van der Waals surface area contributed by atoms with Gasteiger partial charge in [0.1, 0.15) is 11.4 Å². The summed E-state index contributed by atoms with van der Waals surface area (Å²) in [5.41, 5.74) is 11.8. The fourth-order valence-electron chi connectivity index (χ4n) is 2.38. The first-order valence-electron chi connectivity index (χ1n) is 7.36. The molecule has 1 amide bonds. The van der Waals surface area contributed by atoms with Gasteiger partial charge >= 0.3 is 0 Å². The number of primary amides is 1. The van der Waals surface area contributed by atoms with E-state index in [2.05, 4.69) is 5.10 Å². The van der Waals surface area contributed by atoms with Crippen molar-refractivity contribution in [2.24, 2.45) is 5.73 Å². The molecule has 2 aromatic rings. The van der Waals surface area contributed by atoms with Crippen molar-refractivity contribution in [3.05, 3.63) is 34.9 Å². The lowest BCUT2D eigenvalue weighted by Crippen LogP contribution is -2.19. The van der Waals surface area contributed by atoms with Crippen LogP contribution in [0.1, 0.15) is 48.4 Å². The highest BCUT2D eigenvalue weighted by Crippen LogP contribution is 2.33. The van der Waals surface area contributed by atoms with Crippen molar-refractivity contribution >= 4 is 11.6 Å². The number of hydrogen-bond acceptors (Lipinski definition) is 5. The molecule has 7 nitrogen and oxygen atoms in total. The van der Waals surface area contributed by atoms with Gasteiger partial charge in [-0.3, -0.25) is 4.79 Å². The first kappa shape index (κ1) is 17.3. The number of nitrogens with two attached hydrogens (primary N) is 2. The second-order valence-corrected chi connectivity index (χ2v) is 5.43. The van der Waals surface area contributed by atoms with E-state index in [1.165, 1.54) is 6.07 Å². The number of nitrogens with zero attached hydrogens (tertiary/aromatic N) is 3. The van der Waals surface area contributed by atoms with E-state index in [1.54, 1.807) is 6.92 Å². The van der Waals surface area contributed by atoms with Crippen molar-refractivity contribution in [1.29, 1.82) is 5.26 Å². The minimum absolute atomic E-state index is 0.0781. The van der Waals surface area contributed by atoms with Gasteiger partial charge in [0.15, 0.2) is 11.5 Å². The molecule has 0 aliphatic heterocycles. The summed E-state index contributed by atoms with van der Waals surface area (Å²) in [5, 5.41) is 13.2. The highest BCUT2D eigenvalue weighted by atomic mass is 19.1. The zero-order valence-corrected chi connectivity index (χ0v) is 13.6. The molecule has 0 fully saturated rings. The fraction of sp³-hybridized carbons (Fsp3) is 0.312. The van der Waals surface area contributed by atoms with Crippen molar-refractivity contribution in [3.63, 3.8) is 0 Å².